The van der Waals surface area contributed by atoms with Crippen LogP contribution in [0.3, 0.4) is 0 Å². The molecule has 0 bridgehead atoms. The van der Waals surface area contributed by atoms with Gasteiger partial charge in [-0.3, -0.25) is 10.1 Å². The number of aromatic nitrogens is 3. The van der Waals surface area contributed by atoms with Crippen LogP contribution in [0.5, 0.6) is 0 Å². The van der Waals surface area contributed by atoms with Gasteiger partial charge < -0.3 is 4.52 Å². The molecule has 2 aromatic heterocycles. The van der Waals surface area contributed by atoms with Gasteiger partial charge in [0, 0.05) is 5.92 Å². The predicted octanol–water partition coefficient (Wildman–Crippen LogP) is 4.33. The zero-order valence-corrected chi connectivity index (χ0v) is 15.0. The van der Waals surface area contributed by atoms with Crippen molar-refractivity contribution in [2.24, 2.45) is 0 Å². The highest BCUT2D eigenvalue weighted by molar-refractivity contribution is 7.15. The van der Waals surface area contributed by atoms with Crippen molar-refractivity contribution < 1.29 is 9.32 Å². The molecule has 0 aliphatic rings. The van der Waals surface area contributed by atoms with Crippen LogP contribution in [0.15, 0.2) is 4.52 Å². The van der Waals surface area contributed by atoms with Crippen LogP contribution in [0.2, 0.25) is 0 Å². The van der Waals surface area contributed by atoms with Crippen LogP contribution in [0.4, 0.5) is 5.13 Å². The molecule has 1 amide bonds. The van der Waals surface area contributed by atoms with E-state index < -0.39 is 0 Å². The summed E-state index contributed by atoms with van der Waals surface area (Å²) in [6, 6.07) is 0. The van der Waals surface area contributed by atoms with Gasteiger partial charge in [0.1, 0.15) is 16.3 Å². The van der Waals surface area contributed by atoms with Gasteiger partial charge in [0.05, 0.1) is 5.69 Å². The monoisotopic (exact) mass is 336 g/mol. The molecule has 2 aromatic rings. The fourth-order valence-electron chi connectivity index (χ4n) is 2.51. The largest absolute Gasteiger partial charge is 0.361 e. The van der Waals surface area contributed by atoms with Crippen LogP contribution in [-0.4, -0.2) is 21.3 Å². The number of hydrogen-bond donors (Lipinski definition) is 1. The normalized spacial score (nSPS) is 12.3. The second-order valence-corrected chi connectivity index (χ2v) is 6.57. The first kappa shape index (κ1) is 17.6. The molecule has 0 aliphatic heterocycles. The van der Waals surface area contributed by atoms with E-state index in [1.165, 1.54) is 24.2 Å². The number of aryl methyl sites for hydroxylation is 2. The Bertz CT molecular complexity index is 650. The highest BCUT2D eigenvalue weighted by Gasteiger charge is 2.21. The third-order valence-corrected chi connectivity index (χ3v) is 4.91. The lowest BCUT2D eigenvalue weighted by Gasteiger charge is -2.09. The van der Waals surface area contributed by atoms with Crippen molar-refractivity contribution in [3.8, 4) is 0 Å². The Kier molecular flexibility index (Phi) is 6.27. The average molecular weight is 336 g/mol. The predicted molar refractivity (Wildman–Crippen MR) is 91.0 cm³/mol. The molecule has 0 unspecified atom stereocenters. The molecule has 23 heavy (non-hydrogen) atoms. The first-order chi connectivity index (χ1) is 11.1. The summed E-state index contributed by atoms with van der Waals surface area (Å²) >= 11 is 1.46. The van der Waals surface area contributed by atoms with Crippen molar-refractivity contribution in [2.45, 2.75) is 65.7 Å². The van der Waals surface area contributed by atoms with Crippen LogP contribution in [0, 0.1) is 6.92 Å². The van der Waals surface area contributed by atoms with E-state index in [1.807, 2.05) is 6.92 Å². The van der Waals surface area contributed by atoms with Crippen LogP contribution in [0.1, 0.15) is 79.2 Å². The number of carbonyl (C=O) groups excluding carboxylic acids is 1. The fraction of sp³-hybridized carbons (Fsp3) is 0.625. The molecule has 126 valence electrons. The van der Waals surface area contributed by atoms with Gasteiger partial charge in [-0.05, 0) is 26.2 Å². The summed E-state index contributed by atoms with van der Waals surface area (Å²) in [6.07, 6.45) is 5.15. The third-order valence-electron chi connectivity index (χ3n) is 3.90. The van der Waals surface area contributed by atoms with Gasteiger partial charge in [0.25, 0.3) is 5.91 Å². The molecule has 1 N–H and O–H groups in total. The Morgan fingerprint density at radius 2 is 2.09 bits per heavy atom. The van der Waals surface area contributed by atoms with Gasteiger partial charge >= 0.3 is 0 Å². The highest BCUT2D eigenvalue weighted by Crippen LogP contribution is 2.30. The van der Waals surface area contributed by atoms with E-state index in [0.717, 1.165) is 17.8 Å². The number of nitrogens with zero attached hydrogens (tertiary/aromatic N) is 3. The molecular formula is C16H24N4O2S. The van der Waals surface area contributed by atoms with Crippen molar-refractivity contribution in [2.75, 3.05) is 5.32 Å². The number of rotatable bonds is 8. The van der Waals surface area contributed by atoms with Crippen molar-refractivity contribution in [3.63, 3.8) is 0 Å². The first-order valence-electron chi connectivity index (χ1n) is 8.20. The lowest BCUT2D eigenvalue weighted by molar-refractivity contribution is 0.102. The summed E-state index contributed by atoms with van der Waals surface area (Å²) in [5.41, 5.74) is 1.17. The van der Waals surface area contributed by atoms with E-state index in [1.54, 1.807) is 6.92 Å². The second-order valence-electron chi connectivity index (χ2n) is 5.56. The number of unbranched alkanes of at least 4 members (excludes halogenated alkanes) is 1. The van der Waals surface area contributed by atoms with Crippen LogP contribution >= 0.6 is 11.3 Å². The van der Waals surface area contributed by atoms with Gasteiger partial charge in [-0.2, -0.15) is 0 Å². The van der Waals surface area contributed by atoms with E-state index in [0.29, 0.717) is 34.5 Å². The molecular weight excluding hydrogens is 312 g/mol. The zero-order valence-electron chi connectivity index (χ0n) is 14.2. The van der Waals surface area contributed by atoms with Gasteiger partial charge in [-0.15, -0.1) is 10.2 Å². The summed E-state index contributed by atoms with van der Waals surface area (Å²) in [6.45, 7) is 8.03. The Balaban J connectivity index is 2.09. The van der Waals surface area contributed by atoms with Gasteiger partial charge in [-0.25, -0.2) is 0 Å². The van der Waals surface area contributed by atoms with Gasteiger partial charge in [0.2, 0.25) is 5.13 Å². The Morgan fingerprint density at radius 3 is 2.74 bits per heavy atom. The molecule has 0 saturated carbocycles. The molecule has 0 saturated heterocycles. The lowest BCUT2D eigenvalue weighted by atomic mass is 10.0. The Labute approximate surface area is 140 Å². The number of anilines is 1. The second kappa shape index (κ2) is 8.19. The molecule has 0 fully saturated rings. The minimum absolute atomic E-state index is 0.232. The first-order valence-corrected chi connectivity index (χ1v) is 9.02. The summed E-state index contributed by atoms with van der Waals surface area (Å²) in [5, 5.41) is 16.6. The average Bonchev–Trinajstić information content (AvgIpc) is 3.14. The smallest absolute Gasteiger partial charge is 0.263 e. The van der Waals surface area contributed by atoms with Gasteiger partial charge in [-0.1, -0.05) is 50.1 Å². The lowest BCUT2D eigenvalue weighted by Crippen LogP contribution is -2.14. The number of carbonyl (C=O) groups is 1. The minimum atomic E-state index is -0.232. The van der Waals surface area contributed by atoms with E-state index in [4.69, 9.17) is 4.52 Å². The summed E-state index contributed by atoms with van der Waals surface area (Å²) < 4.78 is 5.11. The maximum absolute atomic E-state index is 12.4. The topological polar surface area (TPSA) is 80.9 Å². The van der Waals surface area contributed by atoms with Crippen molar-refractivity contribution in [1.29, 1.82) is 0 Å². The molecule has 0 spiro atoms. The number of nitrogens with one attached hydrogen (secondary N) is 1. The molecule has 6 nitrogen and oxygen atoms in total. The maximum atomic E-state index is 12.4. The van der Waals surface area contributed by atoms with Gasteiger partial charge in [0.15, 0.2) is 0 Å². The summed E-state index contributed by atoms with van der Waals surface area (Å²) in [5.74, 6) is 0.713. The molecule has 2 rings (SSSR count). The molecule has 0 aromatic carbocycles. The molecule has 2 heterocycles. The minimum Gasteiger partial charge on any atom is -0.361 e. The van der Waals surface area contributed by atoms with Crippen LogP contribution < -0.4 is 5.32 Å². The van der Waals surface area contributed by atoms with E-state index >= 15 is 0 Å². The van der Waals surface area contributed by atoms with Crippen LogP contribution in [0.25, 0.3) is 0 Å². The summed E-state index contributed by atoms with van der Waals surface area (Å²) in [7, 11) is 0. The highest BCUT2D eigenvalue weighted by atomic mass is 32.1. The zero-order chi connectivity index (χ0) is 16.8. The molecule has 0 radical (unpaired) electrons. The third kappa shape index (κ3) is 4.16. The maximum Gasteiger partial charge on any atom is 0.263 e. The van der Waals surface area contributed by atoms with Crippen molar-refractivity contribution in [1.82, 2.24) is 15.4 Å². The number of amides is 1. The van der Waals surface area contributed by atoms with E-state index in [2.05, 4.69) is 34.5 Å². The van der Waals surface area contributed by atoms with Crippen LogP contribution in [-0.2, 0) is 6.42 Å². The Morgan fingerprint density at radius 1 is 1.30 bits per heavy atom. The molecule has 0 aliphatic carbocycles. The van der Waals surface area contributed by atoms with E-state index in [9.17, 15) is 4.79 Å². The molecule has 7 heteroatoms. The van der Waals surface area contributed by atoms with Crippen molar-refractivity contribution >= 4 is 22.4 Å². The van der Waals surface area contributed by atoms with E-state index in [-0.39, 0.29) is 5.91 Å². The summed E-state index contributed by atoms with van der Waals surface area (Å²) in [4.78, 5) is 12.4. The standard InChI is InChI=1S/C16H24N4O2S/c1-5-8-9-11(6-2)15-18-19-16(23-15)17-14(21)13-10(4)22-20-12(13)7-3/h11H,5-9H2,1-4H3,(H,17,19,21)/t11-/m0/s1. The van der Waals surface area contributed by atoms with Crippen molar-refractivity contribution in [3.05, 3.63) is 22.0 Å². The number of hydrogen-bond acceptors (Lipinski definition) is 6. The SMILES string of the molecule is CCCC[C@H](CC)c1nnc(NC(=O)c2c(CC)noc2C)s1. The fourth-order valence-corrected chi connectivity index (χ4v) is 3.47. The quantitative estimate of drug-likeness (QED) is 0.776. The molecule has 1 atom stereocenters. The Hall–Kier alpha value is -1.76.